The number of halogens is 1. The van der Waals surface area contributed by atoms with Crippen LogP contribution in [-0.2, 0) is 6.54 Å². The standard InChI is InChI=1S/C19H24ClN5O3/c1-12(2)21-19(26)16-10-25(23-22-16)14-4-3-5-24(9-14)8-13-6-17-18(7-15(13)20)28-11-27-17/h6-7,10,12,14H,3-5,8-9,11H2,1-2H3,(H,21,26). The molecule has 1 fully saturated rings. The lowest BCUT2D eigenvalue weighted by atomic mass is 10.0. The summed E-state index contributed by atoms with van der Waals surface area (Å²) in [7, 11) is 0. The van der Waals surface area contributed by atoms with Crippen molar-refractivity contribution >= 4 is 17.5 Å². The van der Waals surface area contributed by atoms with Crippen molar-refractivity contribution in [1.82, 2.24) is 25.2 Å². The molecule has 8 nitrogen and oxygen atoms in total. The summed E-state index contributed by atoms with van der Waals surface area (Å²) in [6.07, 6.45) is 3.78. The van der Waals surface area contributed by atoms with Crippen LogP contribution in [0.15, 0.2) is 18.3 Å². The highest BCUT2D eigenvalue weighted by atomic mass is 35.5. The van der Waals surface area contributed by atoms with Crippen molar-refractivity contribution in [3.05, 3.63) is 34.6 Å². The molecule has 0 saturated carbocycles. The molecule has 1 aromatic heterocycles. The van der Waals surface area contributed by atoms with Gasteiger partial charge in [0.25, 0.3) is 5.91 Å². The summed E-state index contributed by atoms with van der Waals surface area (Å²) in [6, 6.07) is 4.01. The molecule has 150 valence electrons. The number of likely N-dealkylation sites (tertiary alicyclic amines) is 1. The average Bonchev–Trinajstić information content (AvgIpc) is 3.31. The summed E-state index contributed by atoms with van der Waals surface area (Å²) in [5.74, 6) is 1.24. The summed E-state index contributed by atoms with van der Waals surface area (Å²) < 4.78 is 12.6. The van der Waals surface area contributed by atoms with Crippen LogP contribution in [0.3, 0.4) is 0 Å². The number of aromatic nitrogens is 3. The predicted molar refractivity (Wildman–Crippen MR) is 104 cm³/mol. The topological polar surface area (TPSA) is 81.5 Å². The van der Waals surface area contributed by atoms with Gasteiger partial charge in [0.2, 0.25) is 6.79 Å². The molecular formula is C19H24ClN5O3. The largest absolute Gasteiger partial charge is 0.454 e. The lowest BCUT2D eigenvalue weighted by molar-refractivity contribution is 0.0938. The molecule has 0 radical (unpaired) electrons. The maximum Gasteiger partial charge on any atom is 0.273 e. The van der Waals surface area contributed by atoms with Gasteiger partial charge in [-0.2, -0.15) is 0 Å². The summed E-state index contributed by atoms with van der Waals surface area (Å²) in [5, 5.41) is 11.8. The van der Waals surface area contributed by atoms with Crippen molar-refractivity contribution in [1.29, 1.82) is 0 Å². The Labute approximate surface area is 168 Å². The molecule has 1 aromatic carbocycles. The molecule has 3 heterocycles. The van der Waals surface area contributed by atoms with Gasteiger partial charge in [0, 0.05) is 30.2 Å². The summed E-state index contributed by atoms with van der Waals surface area (Å²) >= 11 is 6.43. The van der Waals surface area contributed by atoms with Crippen molar-refractivity contribution in [2.24, 2.45) is 0 Å². The zero-order chi connectivity index (χ0) is 19.7. The molecule has 2 aliphatic heterocycles. The number of nitrogens with one attached hydrogen (secondary N) is 1. The van der Waals surface area contributed by atoms with Crippen LogP contribution in [0.4, 0.5) is 0 Å². The molecular weight excluding hydrogens is 382 g/mol. The highest BCUT2D eigenvalue weighted by molar-refractivity contribution is 6.31. The maximum atomic E-state index is 12.1. The van der Waals surface area contributed by atoms with E-state index in [1.807, 2.05) is 30.7 Å². The average molecular weight is 406 g/mol. The predicted octanol–water partition coefficient (Wildman–Crippen LogP) is 2.64. The Bertz CT molecular complexity index is 869. The van der Waals surface area contributed by atoms with Crippen LogP contribution in [0.25, 0.3) is 0 Å². The van der Waals surface area contributed by atoms with Crippen LogP contribution in [0.2, 0.25) is 5.02 Å². The Morgan fingerprint density at radius 3 is 2.93 bits per heavy atom. The van der Waals surface area contributed by atoms with Gasteiger partial charge in [-0.05, 0) is 44.9 Å². The monoisotopic (exact) mass is 405 g/mol. The molecule has 1 N–H and O–H groups in total. The van der Waals surface area contributed by atoms with E-state index in [9.17, 15) is 4.79 Å². The van der Waals surface area contributed by atoms with Crippen LogP contribution in [0.5, 0.6) is 11.5 Å². The SMILES string of the molecule is CC(C)NC(=O)c1cn(C2CCCN(Cc3cc4c(cc3Cl)OCO4)C2)nn1. The number of benzene rings is 1. The van der Waals surface area contributed by atoms with Crippen molar-refractivity contribution in [3.8, 4) is 11.5 Å². The number of amides is 1. The van der Waals surface area contributed by atoms with Gasteiger partial charge in [-0.25, -0.2) is 4.68 Å². The molecule has 1 saturated heterocycles. The third kappa shape index (κ3) is 4.07. The Morgan fingerprint density at radius 2 is 2.14 bits per heavy atom. The molecule has 1 atom stereocenters. The quantitative estimate of drug-likeness (QED) is 0.823. The lowest BCUT2D eigenvalue weighted by Crippen LogP contribution is -2.36. The second-order valence-electron chi connectivity index (χ2n) is 7.54. The van der Waals surface area contributed by atoms with Gasteiger partial charge >= 0.3 is 0 Å². The number of rotatable bonds is 5. The van der Waals surface area contributed by atoms with Gasteiger partial charge in [0.15, 0.2) is 17.2 Å². The van der Waals surface area contributed by atoms with Crippen LogP contribution in [0.1, 0.15) is 48.8 Å². The van der Waals surface area contributed by atoms with Gasteiger partial charge in [-0.3, -0.25) is 9.69 Å². The summed E-state index contributed by atoms with van der Waals surface area (Å²) in [4.78, 5) is 14.5. The van der Waals surface area contributed by atoms with E-state index in [2.05, 4.69) is 20.5 Å². The van der Waals surface area contributed by atoms with Crippen molar-refractivity contribution in [2.75, 3.05) is 19.9 Å². The zero-order valence-electron chi connectivity index (χ0n) is 16.0. The smallest absolute Gasteiger partial charge is 0.273 e. The van der Waals surface area contributed by atoms with Crippen LogP contribution < -0.4 is 14.8 Å². The Morgan fingerprint density at radius 1 is 1.36 bits per heavy atom. The van der Waals surface area contributed by atoms with Crippen LogP contribution >= 0.6 is 11.6 Å². The van der Waals surface area contributed by atoms with E-state index < -0.39 is 0 Å². The van der Waals surface area contributed by atoms with E-state index >= 15 is 0 Å². The fraction of sp³-hybridized carbons (Fsp3) is 0.526. The first-order valence-corrected chi connectivity index (χ1v) is 9.90. The maximum absolute atomic E-state index is 12.1. The minimum absolute atomic E-state index is 0.0641. The van der Waals surface area contributed by atoms with Gasteiger partial charge in [0.05, 0.1) is 12.2 Å². The van der Waals surface area contributed by atoms with E-state index in [4.69, 9.17) is 21.1 Å². The lowest BCUT2D eigenvalue weighted by Gasteiger charge is -2.32. The first kappa shape index (κ1) is 19.0. The molecule has 1 amide bonds. The molecule has 28 heavy (non-hydrogen) atoms. The number of carbonyl (C=O) groups is 1. The third-order valence-electron chi connectivity index (χ3n) is 4.95. The Balaban J connectivity index is 1.42. The first-order valence-electron chi connectivity index (χ1n) is 9.52. The molecule has 9 heteroatoms. The minimum atomic E-state index is -0.193. The number of piperidine rings is 1. The van der Waals surface area contributed by atoms with E-state index in [-0.39, 0.29) is 24.8 Å². The Kier molecular flexibility index (Phi) is 5.41. The second kappa shape index (κ2) is 7.97. The van der Waals surface area contributed by atoms with E-state index in [0.29, 0.717) is 16.5 Å². The van der Waals surface area contributed by atoms with Gasteiger partial charge in [-0.15, -0.1) is 5.10 Å². The summed E-state index contributed by atoms with van der Waals surface area (Å²) in [6.45, 7) is 6.60. The third-order valence-corrected chi connectivity index (χ3v) is 5.30. The minimum Gasteiger partial charge on any atom is -0.454 e. The van der Waals surface area contributed by atoms with E-state index in [1.54, 1.807) is 6.20 Å². The molecule has 4 rings (SSSR count). The second-order valence-corrected chi connectivity index (χ2v) is 7.95. The fourth-order valence-electron chi connectivity index (χ4n) is 3.61. The summed E-state index contributed by atoms with van der Waals surface area (Å²) in [5.41, 5.74) is 1.37. The molecule has 0 spiro atoms. The molecule has 0 bridgehead atoms. The highest BCUT2D eigenvalue weighted by Gasteiger charge is 2.25. The van der Waals surface area contributed by atoms with Gasteiger partial charge in [-0.1, -0.05) is 16.8 Å². The van der Waals surface area contributed by atoms with Crippen molar-refractivity contribution in [3.63, 3.8) is 0 Å². The van der Waals surface area contributed by atoms with Crippen molar-refractivity contribution < 1.29 is 14.3 Å². The molecule has 0 aliphatic carbocycles. The van der Waals surface area contributed by atoms with Crippen LogP contribution in [-0.4, -0.2) is 51.7 Å². The highest BCUT2D eigenvalue weighted by Crippen LogP contribution is 2.37. The number of hydrogen-bond donors (Lipinski definition) is 1. The number of hydrogen-bond acceptors (Lipinski definition) is 6. The van der Waals surface area contributed by atoms with Crippen LogP contribution in [0, 0.1) is 0 Å². The molecule has 1 unspecified atom stereocenters. The zero-order valence-corrected chi connectivity index (χ0v) is 16.8. The number of ether oxygens (including phenoxy) is 2. The van der Waals surface area contributed by atoms with Gasteiger partial charge in [0.1, 0.15) is 0 Å². The number of nitrogens with zero attached hydrogens (tertiary/aromatic N) is 4. The van der Waals surface area contributed by atoms with Gasteiger partial charge < -0.3 is 14.8 Å². The molecule has 2 aliphatic rings. The number of fused-ring (bicyclic) bond motifs is 1. The van der Waals surface area contributed by atoms with Crippen molar-refractivity contribution in [2.45, 2.75) is 45.3 Å². The van der Waals surface area contributed by atoms with E-state index in [1.165, 1.54) is 0 Å². The fourth-order valence-corrected chi connectivity index (χ4v) is 3.82. The molecule has 2 aromatic rings. The normalized spacial score (nSPS) is 19.2. The number of carbonyl (C=O) groups excluding carboxylic acids is 1. The van der Waals surface area contributed by atoms with E-state index in [0.717, 1.165) is 43.8 Å². The Hall–Kier alpha value is -2.32. The first-order chi connectivity index (χ1) is 13.5.